The third-order valence-corrected chi connectivity index (χ3v) is 3.22. The Kier molecular flexibility index (Phi) is 3.69. The molecule has 0 bridgehead atoms. The molecule has 0 amide bonds. The van der Waals surface area contributed by atoms with Gasteiger partial charge in [-0.25, -0.2) is 9.78 Å². The summed E-state index contributed by atoms with van der Waals surface area (Å²) in [6.07, 6.45) is 1.40. The number of hydrogen-bond donors (Lipinski definition) is 1. The number of rotatable bonds is 2. The standard InChI is InChI=1S/C13H17ClN2O3/c1-8-6-16(7-13(2,3)19-8)11-10(14)4-9(5-15-11)12(17)18/h4-5,8H,6-7H2,1-3H3,(H,17,18). The second kappa shape index (κ2) is 4.98. The maximum absolute atomic E-state index is 10.9. The van der Waals surface area contributed by atoms with Crippen LogP contribution in [-0.2, 0) is 4.74 Å². The Labute approximate surface area is 117 Å². The minimum atomic E-state index is -1.03. The molecular weight excluding hydrogens is 268 g/mol. The molecule has 2 heterocycles. The van der Waals surface area contributed by atoms with Crippen LogP contribution in [0.2, 0.25) is 5.02 Å². The van der Waals surface area contributed by atoms with Crippen molar-refractivity contribution in [1.29, 1.82) is 0 Å². The van der Waals surface area contributed by atoms with Crippen molar-refractivity contribution >= 4 is 23.4 Å². The summed E-state index contributed by atoms with van der Waals surface area (Å²) in [7, 11) is 0. The molecule has 104 valence electrons. The smallest absolute Gasteiger partial charge is 0.337 e. The lowest BCUT2D eigenvalue weighted by Crippen LogP contribution is -2.52. The third-order valence-electron chi connectivity index (χ3n) is 2.94. The van der Waals surface area contributed by atoms with Gasteiger partial charge in [-0.3, -0.25) is 0 Å². The summed E-state index contributed by atoms with van der Waals surface area (Å²) in [5.41, 5.74) is -0.192. The van der Waals surface area contributed by atoms with E-state index in [1.54, 1.807) is 0 Å². The molecule has 6 heteroatoms. The summed E-state index contributed by atoms with van der Waals surface area (Å²) in [6.45, 7) is 7.36. The molecule has 1 N–H and O–H groups in total. The Morgan fingerprint density at radius 2 is 2.32 bits per heavy atom. The highest BCUT2D eigenvalue weighted by Gasteiger charge is 2.32. The number of carboxylic acids is 1. The van der Waals surface area contributed by atoms with Crippen molar-refractivity contribution in [1.82, 2.24) is 4.98 Å². The fourth-order valence-electron chi connectivity index (χ4n) is 2.40. The molecule has 0 spiro atoms. The topological polar surface area (TPSA) is 62.7 Å². The van der Waals surface area contributed by atoms with Gasteiger partial charge in [0.05, 0.1) is 22.3 Å². The van der Waals surface area contributed by atoms with E-state index in [1.165, 1.54) is 12.3 Å². The average Bonchev–Trinajstić information content (AvgIpc) is 2.25. The van der Waals surface area contributed by atoms with Crippen LogP contribution in [0.3, 0.4) is 0 Å². The molecule has 0 aliphatic carbocycles. The molecule has 1 unspecified atom stereocenters. The molecule has 0 radical (unpaired) electrons. The Hall–Kier alpha value is -1.33. The lowest BCUT2D eigenvalue weighted by molar-refractivity contribution is -0.0751. The highest BCUT2D eigenvalue weighted by atomic mass is 35.5. The van der Waals surface area contributed by atoms with Gasteiger partial charge >= 0.3 is 5.97 Å². The lowest BCUT2D eigenvalue weighted by atomic mass is 10.1. The number of carboxylic acid groups (broad SMARTS) is 1. The van der Waals surface area contributed by atoms with Crippen molar-refractivity contribution in [2.45, 2.75) is 32.5 Å². The number of carbonyl (C=O) groups is 1. The number of morpholine rings is 1. The first kappa shape index (κ1) is 14.1. The lowest BCUT2D eigenvalue weighted by Gasteiger charge is -2.42. The summed E-state index contributed by atoms with van der Waals surface area (Å²) in [4.78, 5) is 17.1. The first-order valence-electron chi connectivity index (χ1n) is 6.10. The summed E-state index contributed by atoms with van der Waals surface area (Å²) in [5, 5.41) is 9.26. The van der Waals surface area contributed by atoms with E-state index in [9.17, 15) is 4.79 Å². The van der Waals surface area contributed by atoms with Crippen molar-refractivity contribution in [3.8, 4) is 0 Å². The van der Waals surface area contributed by atoms with Gasteiger partial charge in [0.1, 0.15) is 5.82 Å². The fourth-order valence-corrected chi connectivity index (χ4v) is 2.68. The molecule has 19 heavy (non-hydrogen) atoms. The zero-order chi connectivity index (χ0) is 14.2. The van der Waals surface area contributed by atoms with E-state index in [2.05, 4.69) is 4.98 Å². The van der Waals surface area contributed by atoms with Gasteiger partial charge in [-0.05, 0) is 26.8 Å². The Bertz CT molecular complexity index is 505. The van der Waals surface area contributed by atoms with Crippen molar-refractivity contribution in [3.63, 3.8) is 0 Å². The molecule has 1 aromatic heterocycles. The van der Waals surface area contributed by atoms with Gasteiger partial charge < -0.3 is 14.7 Å². The highest BCUT2D eigenvalue weighted by molar-refractivity contribution is 6.33. The van der Waals surface area contributed by atoms with Crippen molar-refractivity contribution in [2.75, 3.05) is 18.0 Å². The van der Waals surface area contributed by atoms with E-state index < -0.39 is 5.97 Å². The number of anilines is 1. The maximum Gasteiger partial charge on any atom is 0.337 e. The average molecular weight is 285 g/mol. The first-order valence-corrected chi connectivity index (χ1v) is 6.48. The van der Waals surface area contributed by atoms with Crippen LogP contribution in [-0.4, -0.2) is 40.9 Å². The van der Waals surface area contributed by atoms with Gasteiger partial charge in [-0.1, -0.05) is 11.6 Å². The Morgan fingerprint density at radius 3 is 2.84 bits per heavy atom. The molecule has 1 aliphatic heterocycles. The zero-order valence-corrected chi connectivity index (χ0v) is 11.9. The minimum Gasteiger partial charge on any atom is -0.478 e. The molecule has 0 aromatic carbocycles. The molecule has 5 nitrogen and oxygen atoms in total. The maximum atomic E-state index is 10.9. The van der Waals surface area contributed by atoms with E-state index in [-0.39, 0.29) is 17.3 Å². The van der Waals surface area contributed by atoms with Crippen LogP contribution in [0, 0.1) is 0 Å². The number of halogens is 1. The quantitative estimate of drug-likeness (QED) is 0.904. The van der Waals surface area contributed by atoms with E-state index in [1.807, 2.05) is 25.7 Å². The van der Waals surface area contributed by atoms with Crippen molar-refractivity contribution in [3.05, 3.63) is 22.8 Å². The van der Waals surface area contributed by atoms with Crippen LogP contribution in [0.15, 0.2) is 12.3 Å². The summed E-state index contributed by atoms with van der Waals surface area (Å²) in [6, 6.07) is 1.43. The minimum absolute atomic E-state index is 0.0702. The predicted molar refractivity (Wildman–Crippen MR) is 73.0 cm³/mol. The number of ether oxygens (including phenoxy) is 1. The molecule has 2 rings (SSSR count). The zero-order valence-electron chi connectivity index (χ0n) is 11.2. The number of aromatic nitrogens is 1. The molecule has 1 atom stereocenters. The molecule has 1 saturated heterocycles. The monoisotopic (exact) mass is 284 g/mol. The second-order valence-electron chi connectivity index (χ2n) is 5.40. The van der Waals surface area contributed by atoms with Crippen molar-refractivity contribution < 1.29 is 14.6 Å². The normalized spacial score (nSPS) is 22.3. The summed E-state index contributed by atoms with van der Waals surface area (Å²) >= 11 is 6.14. The molecule has 1 fully saturated rings. The number of nitrogens with zero attached hydrogens (tertiary/aromatic N) is 2. The Morgan fingerprint density at radius 1 is 1.63 bits per heavy atom. The van der Waals surface area contributed by atoms with E-state index in [0.29, 0.717) is 23.9 Å². The van der Waals surface area contributed by atoms with Gasteiger partial charge in [-0.2, -0.15) is 0 Å². The van der Waals surface area contributed by atoms with Crippen LogP contribution in [0.25, 0.3) is 0 Å². The van der Waals surface area contributed by atoms with E-state index in [4.69, 9.17) is 21.4 Å². The van der Waals surface area contributed by atoms with Crippen LogP contribution in [0.5, 0.6) is 0 Å². The fraction of sp³-hybridized carbons (Fsp3) is 0.538. The first-order chi connectivity index (χ1) is 8.78. The SMILES string of the molecule is CC1CN(c2ncc(C(=O)O)cc2Cl)CC(C)(C)O1. The van der Waals surface area contributed by atoms with Crippen LogP contribution in [0.1, 0.15) is 31.1 Å². The van der Waals surface area contributed by atoms with E-state index >= 15 is 0 Å². The molecule has 1 aliphatic rings. The van der Waals surface area contributed by atoms with Gasteiger partial charge in [0.2, 0.25) is 0 Å². The molecule has 0 saturated carbocycles. The Balaban J connectivity index is 2.29. The second-order valence-corrected chi connectivity index (χ2v) is 5.81. The van der Waals surface area contributed by atoms with Crippen LogP contribution >= 0.6 is 11.6 Å². The van der Waals surface area contributed by atoms with Gasteiger partial charge in [0.25, 0.3) is 0 Å². The van der Waals surface area contributed by atoms with Crippen LogP contribution in [0.4, 0.5) is 5.82 Å². The number of hydrogen-bond acceptors (Lipinski definition) is 4. The predicted octanol–water partition coefficient (Wildman–Crippen LogP) is 2.44. The van der Waals surface area contributed by atoms with Crippen molar-refractivity contribution in [2.24, 2.45) is 0 Å². The van der Waals surface area contributed by atoms with E-state index in [0.717, 1.165) is 0 Å². The van der Waals surface area contributed by atoms with Gasteiger partial charge in [0.15, 0.2) is 0 Å². The molecular formula is C13H17ClN2O3. The van der Waals surface area contributed by atoms with Gasteiger partial charge in [-0.15, -0.1) is 0 Å². The largest absolute Gasteiger partial charge is 0.478 e. The summed E-state index contributed by atoms with van der Waals surface area (Å²) in [5.74, 6) is -0.425. The number of pyridine rings is 1. The highest BCUT2D eigenvalue weighted by Crippen LogP contribution is 2.29. The number of aromatic carboxylic acids is 1. The van der Waals surface area contributed by atoms with Gasteiger partial charge in [0, 0.05) is 19.3 Å². The summed E-state index contributed by atoms with van der Waals surface area (Å²) < 4.78 is 5.82. The molecule has 1 aromatic rings. The third kappa shape index (κ3) is 3.16. The van der Waals surface area contributed by atoms with Crippen LogP contribution < -0.4 is 4.90 Å².